The topological polar surface area (TPSA) is 35.5 Å². The van der Waals surface area contributed by atoms with Crippen molar-refractivity contribution in [2.24, 2.45) is 0 Å². The number of carbonyl (C=O) groups excluding carboxylic acids is 1. The molecule has 88 valence electrons. The minimum Gasteiger partial charge on any atom is -0.458 e. The van der Waals surface area contributed by atoms with Gasteiger partial charge in [0.2, 0.25) is 0 Å². The van der Waals surface area contributed by atoms with Crippen LogP contribution in [0.2, 0.25) is 0 Å². The highest BCUT2D eigenvalue weighted by molar-refractivity contribution is 5.78. The third-order valence-electron chi connectivity index (χ3n) is 1.57. The van der Waals surface area contributed by atoms with Gasteiger partial charge in [-0.05, 0) is 41.5 Å². The molecular weight excluding hydrogens is 192 g/mol. The number of carbonyl (C=O) groups is 1. The van der Waals surface area contributed by atoms with E-state index in [0.717, 1.165) is 5.57 Å². The van der Waals surface area contributed by atoms with Gasteiger partial charge in [0.1, 0.15) is 5.60 Å². The molecule has 0 aromatic heterocycles. The summed E-state index contributed by atoms with van der Waals surface area (Å²) in [5.41, 5.74) is -0.528. The Morgan fingerprint density at radius 3 is 2.00 bits per heavy atom. The van der Waals surface area contributed by atoms with Gasteiger partial charge in [0.15, 0.2) is 5.60 Å². The molecule has 0 aliphatic carbocycles. The van der Waals surface area contributed by atoms with Gasteiger partial charge in [-0.15, -0.1) is 0 Å². The average molecular weight is 214 g/mol. The second-order valence-electron chi connectivity index (χ2n) is 5.26. The Morgan fingerprint density at radius 2 is 1.67 bits per heavy atom. The molecule has 0 N–H and O–H groups in total. The third kappa shape index (κ3) is 6.28. The lowest BCUT2D eigenvalue weighted by Crippen LogP contribution is -2.41. The minimum atomic E-state index is -0.924. The van der Waals surface area contributed by atoms with E-state index >= 15 is 0 Å². The Labute approximate surface area is 92.5 Å². The maximum atomic E-state index is 11.7. The second kappa shape index (κ2) is 4.79. The van der Waals surface area contributed by atoms with Crippen LogP contribution in [0.15, 0.2) is 12.2 Å². The maximum absolute atomic E-state index is 11.7. The molecule has 0 unspecified atom stereocenters. The fourth-order valence-corrected chi connectivity index (χ4v) is 0.764. The predicted octanol–water partition coefficient (Wildman–Crippen LogP) is 2.70. The van der Waals surface area contributed by atoms with E-state index in [2.05, 4.69) is 6.58 Å². The van der Waals surface area contributed by atoms with Crippen LogP contribution in [0.3, 0.4) is 0 Å². The molecule has 0 rings (SSSR count). The summed E-state index contributed by atoms with van der Waals surface area (Å²) in [5.74, 6) is -0.351. The summed E-state index contributed by atoms with van der Waals surface area (Å²) < 4.78 is 10.7. The number of ether oxygens (including phenoxy) is 2. The molecule has 0 saturated heterocycles. The van der Waals surface area contributed by atoms with Crippen molar-refractivity contribution in [1.29, 1.82) is 0 Å². The van der Waals surface area contributed by atoms with Crippen molar-refractivity contribution in [3.63, 3.8) is 0 Å². The SMILES string of the molecule is C=C(C)COC(C)(C)C(=O)OC(C)(C)C. The first-order valence-corrected chi connectivity index (χ1v) is 5.06. The molecule has 0 aliphatic rings. The van der Waals surface area contributed by atoms with Crippen LogP contribution in [0.25, 0.3) is 0 Å². The standard InChI is InChI=1S/C12H22O3/c1-9(2)8-14-12(6,7)10(13)15-11(3,4)5/h1,8H2,2-7H3. The Bertz CT molecular complexity index is 246. The predicted molar refractivity (Wildman–Crippen MR) is 60.7 cm³/mol. The molecule has 0 heterocycles. The van der Waals surface area contributed by atoms with Gasteiger partial charge in [-0.2, -0.15) is 0 Å². The van der Waals surface area contributed by atoms with Crippen LogP contribution >= 0.6 is 0 Å². The van der Waals surface area contributed by atoms with E-state index in [9.17, 15) is 4.79 Å². The number of esters is 1. The van der Waals surface area contributed by atoms with E-state index in [4.69, 9.17) is 9.47 Å². The summed E-state index contributed by atoms with van der Waals surface area (Å²) in [5, 5.41) is 0. The number of hydrogen-bond acceptors (Lipinski definition) is 3. The van der Waals surface area contributed by atoms with Crippen molar-refractivity contribution in [2.75, 3.05) is 6.61 Å². The van der Waals surface area contributed by atoms with Crippen LogP contribution in [0, 0.1) is 0 Å². The molecule has 0 saturated carbocycles. The van der Waals surface area contributed by atoms with Crippen molar-refractivity contribution >= 4 is 5.97 Å². The van der Waals surface area contributed by atoms with Gasteiger partial charge >= 0.3 is 5.97 Å². The summed E-state index contributed by atoms with van der Waals surface area (Å²) in [6.45, 7) is 14.8. The monoisotopic (exact) mass is 214 g/mol. The lowest BCUT2D eigenvalue weighted by molar-refractivity contribution is -0.178. The number of hydrogen-bond donors (Lipinski definition) is 0. The van der Waals surface area contributed by atoms with E-state index in [0.29, 0.717) is 6.61 Å². The van der Waals surface area contributed by atoms with Gasteiger partial charge < -0.3 is 9.47 Å². The Kier molecular flexibility index (Phi) is 4.53. The van der Waals surface area contributed by atoms with Gasteiger partial charge in [-0.1, -0.05) is 12.2 Å². The third-order valence-corrected chi connectivity index (χ3v) is 1.57. The highest BCUT2D eigenvalue weighted by atomic mass is 16.6. The van der Waals surface area contributed by atoms with Crippen molar-refractivity contribution in [1.82, 2.24) is 0 Å². The molecule has 15 heavy (non-hydrogen) atoms. The first-order valence-electron chi connectivity index (χ1n) is 5.06. The van der Waals surface area contributed by atoms with Crippen molar-refractivity contribution < 1.29 is 14.3 Å². The molecule has 0 atom stereocenters. The smallest absolute Gasteiger partial charge is 0.338 e. The molecule has 0 aromatic rings. The van der Waals surface area contributed by atoms with Crippen molar-refractivity contribution in [3.05, 3.63) is 12.2 Å². The molecule has 0 radical (unpaired) electrons. The summed E-state index contributed by atoms with van der Waals surface area (Å²) in [4.78, 5) is 11.7. The Hall–Kier alpha value is -0.830. The molecular formula is C12H22O3. The fourth-order valence-electron chi connectivity index (χ4n) is 0.764. The molecule has 0 amide bonds. The summed E-state index contributed by atoms with van der Waals surface area (Å²) in [7, 11) is 0. The van der Waals surface area contributed by atoms with Gasteiger partial charge in [-0.25, -0.2) is 4.79 Å². The molecule has 0 aromatic carbocycles. The van der Waals surface area contributed by atoms with Crippen LogP contribution in [0.1, 0.15) is 41.5 Å². The molecule has 0 aliphatic heterocycles. The molecule has 0 fully saturated rings. The highest BCUT2D eigenvalue weighted by Crippen LogP contribution is 2.17. The zero-order valence-electron chi connectivity index (χ0n) is 10.6. The van der Waals surface area contributed by atoms with Gasteiger partial charge in [0, 0.05) is 0 Å². The second-order valence-corrected chi connectivity index (χ2v) is 5.26. The maximum Gasteiger partial charge on any atom is 0.338 e. The van der Waals surface area contributed by atoms with Crippen LogP contribution in [0.4, 0.5) is 0 Å². The largest absolute Gasteiger partial charge is 0.458 e. The van der Waals surface area contributed by atoms with Crippen LogP contribution in [-0.4, -0.2) is 23.8 Å². The average Bonchev–Trinajstić information content (AvgIpc) is 1.97. The van der Waals surface area contributed by atoms with Gasteiger partial charge in [0.05, 0.1) is 6.61 Å². The van der Waals surface area contributed by atoms with E-state index in [-0.39, 0.29) is 5.97 Å². The zero-order chi connectivity index (χ0) is 12.3. The molecule has 0 spiro atoms. The molecule has 0 bridgehead atoms. The molecule has 3 nitrogen and oxygen atoms in total. The summed E-state index contributed by atoms with van der Waals surface area (Å²) >= 11 is 0. The quantitative estimate of drug-likeness (QED) is 0.533. The first-order chi connectivity index (χ1) is 6.54. The fraction of sp³-hybridized carbons (Fsp3) is 0.750. The summed E-state index contributed by atoms with van der Waals surface area (Å²) in [6.07, 6.45) is 0. The summed E-state index contributed by atoms with van der Waals surface area (Å²) in [6, 6.07) is 0. The van der Waals surface area contributed by atoms with Gasteiger partial charge in [-0.3, -0.25) is 0 Å². The van der Waals surface area contributed by atoms with Crippen molar-refractivity contribution in [2.45, 2.75) is 52.7 Å². The van der Waals surface area contributed by atoms with E-state index in [1.54, 1.807) is 13.8 Å². The van der Waals surface area contributed by atoms with Crippen LogP contribution in [0.5, 0.6) is 0 Å². The zero-order valence-corrected chi connectivity index (χ0v) is 10.6. The first kappa shape index (κ1) is 14.2. The Morgan fingerprint density at radius 1 is 1.20 bits per heavy atom. The van der Waals surface area contributed by atoms with Gasteiger partial charge in [0.25, 0.3) is 0 Å². The van der Waals surface area contributed by atoms with E-state index in [1.165, 1.54) is 0 Å². The van der Waals surface area contributed by atoms with E-state index < -0.39 is 11.2 Å². The lowest BCUT2D eigenvalue weighted by atomic mass is 10.1. The number of rotatable bonds is 4. The highest BCUT2D eigenvalue weighted by Gasteiger charge is 2.33. The molecule has 3 heteroatoms. The van der Waals surface area contributed by atoms with Crippen LogP contribution in [-0.2, 0) is 14.3 Å². The Balaban J connectivity index is 4.32. The lowest BCUT2D eigenvalue weighted by Gasteiger charge is -2.28. The van der Waals surface area contributed by atoms with Crippen LogP contribution < -0.4 is 0 Å². The minimum absolute atomic E-state index is 0.351. The van der Waals surface area contributed by atoms with Crippen molar-refractivity contribution in [3.8, 4) is 0 Å². The van der Waals surface area contributed by atoms with E-state index in [1.807, 2.05) is 27.7 Å². The normalized spacial score (nSPS) is 12.4.